The number of aliphatic hydroxyl groups excluding tert-OH is 1. The molecule has 1 fully saturated rings. The number of unbranched alkanes of at least 4 members (excludes halogenated alkanes) is 1. The summed E-state index contributed by atoms with van der Waals surface area (Å²) in [5.41, 5.74) is 11.2. The highest BCUT2D eigenvalue weighted by Crippen LogP contribution is 2.20. The van der Waals surface area contributed by atoms with E-state index in [0.717, 1.165) is 0 Å². The van der Waals surface area contributed by atoms with Crippen molar-refractivity contribution in [2.75, 3.05) is 19.7 Å². The second kappa shape index (κ2) is 13.6. The first-order valence-corrected chi connectivity index (χ1v) is 10.5. The Morgan fingerprint density at radius 1 is 1.03 bits per heavy atom. The summed E-state index contributed by atoms with van der Waals surface area (Å²) in [5, 5.41) is 31.6. The maximum absolute atomic E-state index is 13.2. The number of nitrogens with two attached hydrogens (primary N) is 2. The van der Waals surface area contributed by atoms with Crippen LogP contribution in [0.5, 0.6) is 0 Å². The molecule has 4 unspecified atom stereocenters. The van der Waals surface area contributed by atoms with E-state index in [1.807, 2.05) is 0 Å². The second-order valence-corrected chi connectivity index (χ2v) is 7.66. The molecule has 32 heavy (non-hydrogen) atoms. The molecular weight excluding hydrogens is 426 g/mol. The molecule has 1 aliphatic heterocycles. The molecule has 0 bridgehead atoms. The molecule has 9 N–H and O–H groups in total. The Hall–Kier alpha value is -2.77. The number of carbonyl (C=O) groups is 5. The van der Waals surface area contributed by atoms with Gasteiger partial charge in [-0.1, -0.05) is 0 Å². The zero-order valence-corrected chi connectivity index (χ0v) is 17.9. The number of nitrogens with one attached hydrogen (secondary N) is 2. The van der Waals surface area contributed by atoms with E-state index in [1.165, 1.54) is 4.90 Å². The van der Waals surface area contributed by atoms with E-state index in [0.29, 0.717) is 32.2 Å². The molecular formula is C19H33N5O8. The standard InChI is InChI=1S/C19H33N5O8/c20-8-2-1-4-12(22-16(28)11(21)6-7-15(26)27)18(30)24-9-3-5-14(24)17(29)23-13(10-25)19(31)32/h11-14,25H,1-10,20-21H2,(H,22,28)(H,23,29)(H,26,27)(H,31,32). The zero-order valence-electron chi connectivity index (χ0n) is 17.9. The first-order valence-electron chi connectivity index (χ1n) is 10.5. The van der Waals surface area contributed by atoms with Crippen molar-refractivity contribution >= 4 is 29.7 Å². The average molecular weight is 460 g/mol. The van der Waals surface area contributed by atoms with E-state index >= 15 is 0 Å². The molecule has 4 atom stereocenters. The molecule has 0 spiro atoms. The van der Waals surface area contributed by atoms with Gasteiger partial charge in [0, 0.05) is 13.0 Å². The minimum atomic E-state index is -1.49. The molecule has 0 saturated carbocycles. The summed E-state index contributed by atoms with van der Waals surface area (Å²) < 4.78 is 0. The molecule has 0 aliphatic carbocycles. The van der Waals surface area contributed by atoms with E-state index < -0.39 is 60.4 Å². The molecule has 1 saturated heterocycles. The smallest absolute Gasteiger partial charge is 0.328 e. The summed E-state index contributed by atoms with van der Waals surface area (Å²) in [6.07, 6.45) is 1.77. The van der Waals surface area contributed by atoms with Crippen molar-refractivity contribution in [2.24, 2.45) is 11.5 Å². The first kappa shape index (κ1) is 27.3. The topological polar surface area (TPSA) is 225 Å². The van der Waals surface area contributed by atoms with Crippen LogP contribution < -0.4 is 22.1 Å². The lowest BCUT2D eigenvalue weighted by atomic mass is 10.1. The molecule has 13 heteroatoms. The third kappa shape index (κ3) is 8.40. The fraction of sp³-hybridized carbons (Fsp3) is 0.737. The van der Waals surface area contributed by atoms with Crippen LogP contribution in [0.4, 0.5) is 0 Å². The molecule has 3 amide bonds. The Balaban J connectivity index is 2.89. The van der Waals surface area contributed by atoms with Gasteiger partial charge < -0.3 is 42.3 Å². The van der Waals surface area contributed by atoms with Crippen LogP contribution >= 0.6 is 0 Å². The van der Waals surface area contributed by atoms with Crippen molar-refractivity contribution < 1.29 is 39.3 Å². The maximum atomic E-state index is 13.2. The summed E-state index contributed by atoms with van der Waals surface area (Å²) in [4.78, 5) is 61.1. The number of nitrogens with zero attached hydrogens (tertiary/aromatic N) is 1. The molecule has 0 aromatic heterocycles. The number of carboxylic acid groups (broad SMARTS) is 2. The molecule has 0 aromatic carbocycles. The predicted molar refractivity (Wildman–Crippen MR) is 111 cm³/mol. The fourth-order valence-corrected chi connectivity index (χ4v) is 3.40. The largest absolute Gasteiger partial charge is 0.481 e. The van der Waals surface area contributed by atoms with Crippen LogP contribution in [0.3, 0.4) is 0 Å². The number of carboxylic acids is 2. The van der Waals surface area contributed by atoms with E-state index in [2.05, 4.69) is 10.6 Å². The lowest BCUT2D eigenvalue weighted by Crippen LogP contribution is -2.57. The highest BCUT2D eigenvalue weighted by Gasteiger charge is 2.38. The molecule has 0 aromatic rings. The summed E-state index contributed by atoms with van der Waals surface area (Å²) in [6, 6.07) is -4.54. The van der Waals surface area contributed by atoms with Gasteiger partial charge in [0.1, 0.15) is 18.1 Å². The number of aliphatic carboxylic acids is 2. The molecule has 1 heterocycles. The molecule has 1 aliphatic rings. The third-order valence-electron chi connectivity index (χ3n) is 5.20. The molecule has 13 nitrogen and oxygen atoms in total. The van der Waals surface area contributed by atoms with Gasteiger partial charge >= 0.3 is 11.9 Å². The summed E-state index contributed by atoms with van der Waals surface area (Å²) in [6.45, 7) is -0.171. The van der Waals surface area contributed by atoms with E-state index in [9.17, 15) is 24.0 Å². The van der Waals surface area contributed by atoms with Crippen LogP contribution in [0.15, 0.2) is 0 Å². The average Bonchev–Trinajstić information content (AvgIpc) is 3.24. The van der Waals surface area contributed by atoms with Crippen molar-refractivity contribution in [3.63, 3.8) is 0 Å². The minimum Gasteiger partial charge on any atom is -0.481 e. The number of aliphatic hydroxyl groups is 1. The number of hydrogen-bond donors (Lipinski definition) is 7. The minimum absolute atomic E-state index is 0.0998. The summed E-state index contributed by atoms with van der Waals surface area (Å²) >= 11 is 0. The van der Waals surface area contributed by atoms with E-state index in [4.69, 9.17) is 26.8 Å². The Bertz CT molecular complexity index is 689. The van der Waals surface area contributed by atoms with Gasteiger partial charge in [0.05, 0.1) is 12.6 Å². The normalized spacial score (nSPS) is 18.5. The monoisotopic (exact) mass is 459 g/mol. The van der Waals surface area contributed by atoms with Crippen molar-refractivity contribution in [1.29, 1.82) is 0 Å². The molecule has 182 valence electrons. The zero-order chi connectivity index (χ0) is 24.3. The number of amides is 3. The van der Waals surface area contributed by atoms with Crippen molar-refractivity contribution in [1.82, 2.24) is 15.5 Å². The second-order valence-electron chi connectivity index (χ2n) is 7.66. The van der Waals surface area contributed by atoms with Gasteiger partial charge in [0.15, 0.2) is 0 Å². The number of hydrogen-bond acceptors (Lipinski definition) is 8. The van der Waals surface area contributed by atoms with Gasteiger partial charge in [0.25, 0.3) is 0 Å². The van der Waals surface area contributed by atoms with E-state index in [-0.39, 0.29) is 25.8 Å². The molecule has 1 rings (SSSR count). The Morgan fingerprint density at radius 2 is 1.72 bits per heavy atom. The number of likely N-dealkylation sites (tertiary alicyclic amines) is 1. The summed E-state index contributed by atoms with van der Waals surface area (Å²) in [5.74, 6) is -4.41. The fourth-order valence-electron chi connectivity index (χ4n) is 3.40. The quantitative estimate of drug-likeness (QED) is 0.133. The van der Waals surface area contributed by atoms with Gasteiger partial charge in [-0.3, -0.25) is 19.2 Å². The SMILES string of the molecule is NCCCCC(NC(=O)C(N)CCC(=O)O)C(=O)N1CCCC1C(=O)NC(CO)C(=O)O. The van der Waals surface area contributed by atoms with Crippen LogP contribution in [0, 0.1) is 0 Å². The van der Waals surface area contributed by atoms with E-state index in [1.54, 1.807) is 0 Å². The maximum Gasteiger partial charge on any atom is 0.328 e. The Labute approximate surface area is 185 Å². The van der Waals surface area contributed by atoms with Gasteiger partial charge in [-0.05, 0) is 45.1 Å². The lowest BCUT2D eigenvalue weighted by molar-refractivity contribution is -0.145. The first-order chi connectivity index (χ1) is 15.1. The van der Waals surface area contributed by atoms with Crippen LogP contribution in [-0.4, -0.2) is 93.7 Å². The van der Waals surface area contributed by atoms with Crippen molar-refractivity contribution in [2.45, 2.75) is 69.1 Å². The van der Waals surface area contributed by atoms with Crippen LogP contribution in [0.1, 0.15) is 44.9 Å². The third-order valence-corrected chi connectivity index (χ3v) is 5.20. The van der Waals surface area contributed by atoms with Crippen LogP contribution in [-0.2, 0) is 24.0 Å². The Kier molecular flexibility index (Phi) is 11.6. The highest BCUT2D eigenvalue weighted by atomic mass is 16.4. The number of carbonyl (C=O) groups excluding carboxylic acids is 3. The van der Waals surface area contributed by atoms with Crippen LogP contribution in [0.2, 0.25) is 0 Å². The lowest BCUT2D eigenvalue weighted by Gasteiger charge is -2.30. The molecule has 0 radical (unpaired) electrons. The number of rotatable bonds is 14. The van der Waals surface area contributed by atoms with Gasteiger partial charge in [-0.25, -0.2) is 4.79 Å². The highest BCUT2D eigenvalue weighted by molar-refractivity contribution is 5.94. The van der Waals surface area contributed by atoms with Crippen molar-refractivity contribution in [3.8, 4) is 0 Å². The van der Waals surface area contributed by atoms with Gasteiger partial charge in [-0.2, -0.15) is 0 Å². The van der Waals surface area contributed by atoms with Gasteiger partial charge in [-0.15, -0.1) is 0 Å². The van der Waals surface area contributed by atoms with Gasteiger partial charge in [0.2, 0.25) is 17.7 Å². The Morgan fingerprint density at radius 3 is 2.28 bits per heavy atom. The van der Waals surface area contributed by atoms with Crippen molar-refractivity contribution in [3.05, 3.63) is 0 Å². The summed E-state index contributed by atoms with van der Waals surface area (Å²) in [7, 11) is 0. The predicted octanol–water partition coefficient (Wildman–Crippen LogP) is -2.65. The van der Waals surface area contributed by atoms with Crippen LogP contribution in [0.25, 0.3) is 0 Å².